The van der Waals surface area contributed by atoms with E-state index in [-0.39, 0.29) is 6.04 Å². The Morgan fingerprint density at radius 1 is 1.10 bits per heavy atom. The zero-order valence-corrected chi connectivity index (χ0v) is 12.9. The van der Waals surface area contributed by atoms with Crippen LogP contribution in [0.3, 0.4) is 0 Å². The molecular weight excluding hydrogens is 260 g/mol. The van der Waals surface area contributed by atoms with E-state index in [0.717, 1.165) is 5.69 Å². The maximum absolute atomic E-state index is 4.22. The van der Waals surface area contributed by atoms with Crippen molar-refractivity contribution >= 4 is 11.4 Å². The Balaban J connectivity index is 1.63. The van der Waals surface area contributed by atoms with Crippen molar-refractivity contribution in [1.82, 2.24) is 9.78 Å². The highest BCUT2D eigenvalue weighted by molar-refractivity contribution is 5.55. The standard InChI is InChI=1S/C17H24N4/c1-14(15-12-18-20(2)13-15)19-16-6-8-17(9-7-16)21-10-4-3-5-11-21/h6-9,12-14,19H,3-5,10-11H2,1-2H3. The number of nitrogens with one attached hydrogen (secondary N) is 1. The zero-order valence-electron chi connectivity index (χ0n) is 12.9. The van der Waals surface area contributed by atoms with E-state index in [0.29, 0.717) is 0 Å². The van der Waals surface area contributed by atoms with Crippen molar-refractivity contribution in [1.29, 1.82) is 0 Å². The highest BCUT2D eigenvalue weighted by atomic mass is 15.2. The molecule has 4 heteroatoms. The molecule has 1 aromatic carbocycles. The van der Waals surface area contributed by atoms with Gasteiger partial charge in [-0.2, -0.15) is 5.10 Å². The number of piperidine rings is 1. The van der Waals surface area contributed by atoms with Crippen LogP contribution in [-0.4, -0.2) is 22.9 Å². The normalized spacial score (nSPS) is 16.8. The molecule has 2 heterocycles. The number of anilines is 2. The molecule has 0 amide bonds. The molecule has 2 aromatic rings. The first-order chi connectivity index (χ1) is 10.2. The van der Waals surface area contributed by atoms with Gasteiger partial charge in [-0.1, -0.05) is 0 Å². The van der Waals surface area contributed by atoms with Gasteiger partial charge in [0.2, 0.25) is 0 Å². The highest BCUT2D eigenvalue weighted by Gasteiger charge is 2.11. The lowest BCUT2D eigenvalue weighted by Crippen LogP contribution is -2.29. The molecule has 1 N–H and O–H groups in total. The summed E-state index contributed by atoms with van der Waals surface area (Å²) in [6.45, 7) is 4.55. The number of nitrogens with zero attached hydrogens (tertiary/aromatic N) is 3. The molecular formula is C17H24N4. The average molecular weight is 284 g/mol. The monoisotopic (exact) mass is 284 g/mol. The van der Waals surface area contributed by atoms with E-state index in [9.17, 15) is 0 Å². The quantitative estimate of drug-likeness (QED) is 0.931. The Bertz CT molecular complexity index is 567. The summed E-state index contributed by atoms with van der Waals surface area (Å²) in [7, 11) is 1.95. The van der Waals surface area contributed by atoms with Crippen molar-refractivity contribution in [2.24, 2.45) is 7.05 Å². The predicted octanol–water partition coefficient (Wildman–Crippen LogP) is 3.58. The minimum Gasteiger partial charge on any atom is -0.378 e. The van der Waals surface area contributed by atoms with Gasteiger partial charge in [0.15, 0.2) is 0 Å². The van der Waals surface area contributed by atoms with Gasteiger partial charge < -0.3 is 10.2 Å². The van der Waals surface area contributed by atoms with E-state index < -0.39 is 0 Å². The summed E-state index contributed by atoms with van der Waals surface area (Å²) in [4.78, 5) is 2.48. The number of aryl methyl sites for hydroxylation is 1. The van der Waals surface area contributed by atoms with Crippen molar-refractivity contribution in [3.8, 4) is 0 Å². The fraction of sp³-hybridized carbons (Fsp3) is 0.471. The molecule has 0 spiro atoms. The lowest BCUT2D eigenvalue weighted by atomic mass is 10.1. The average Bonchev–Trinajstić information content (AvgIpc) is 2.96. The van der Waals surface area contributed by atoms with Crippen LogP contribution in [0.1, 0.15) is 37.8 Å². The van der Waals surface area contributed by atoms with Gasteiger partial charge in [-0.05, 0) is 50.5 Å². The first-order valence-electron chi connectivity index (χ1n) is 7.82. The maximum atomic E-state index is 4.22. The third kappa shape index (κ3) is 3.38. The highest BCUT2D eigenvalue weighted by Crippen LogP contribution is 2.24. The van der Waals surface area contributed by atoms with E-state index in [1.165, 1.54) is 43.6 Å². The molecule has 1 aromatic heterocycles. The topological polar surface area (TPSA) is 33.1 Å². The second-order valence-corrected chi connectivity index (χ2v) is 5.91. The lowest BCUT2D eigenvalue weighted by Gasteiger charge is -2.29. The molecule has 1 atom stereocenters. The van der Waals surface area contributed by atoms with Crippen LogP contribution in [0, 0.1) is 0 Å². The molecule has 3 rings (SSSR count). The second-order valence-electron chi connectivity index (χ2n) is 5.91. The minimum atomic E-state index is 0.263. The van der Waals surface area contributed by atoms with Crippen LogP contribution in [0.4, 0.5) is 11.4 Å². The number of hydrogen-bond donors (Lipinski definition) is 1. The molecule has 0 bridgehead atoms. The minimum absolute atomic E-state index is 0.263. The van der Waals surface area contributed by atoms with Gasteiger partial charge in [0, 0.05) is 43.3 Å². The zero-order chi connectivity index (χ0) is 14.7. The Hall–Kier alpha value is -1.97. The van der Waals surface area contributed by atoms with Gasteiger partial charge in [-0.15, -0.1) is 0 Å². The smallest absolute Gasteiger partial charge is 0.0542 e. The second kappa shape index (κ2) is 6.20. The lowest BCUT2D eigenvalue weighted by molar-refractivity contribution is 0.578. The fourth-order valence-electron chi connectivity index (χ4n) is 2.92. The van der Waals surface area contributed by atoms with E-state index >= 15 is 0 Å². The van der Waals surface area contributed by atoms with Crippen molar-refractivity contribution in [2.75, 3.05) is 23.3 Å². The Morgan fingerprint density at radius 3 is 2.43 bits per heavy atom. The van der Waals surface area contributed by atoms with Crippen LogP contribution in [0.5, 0.6) is 0 Å². The molecule has 1 aliphatic rings. The number of aromatic nitrogens is 2. The molecule has 1 saturated heterocycles. The van der Waals surface area contributed by atoms with E-state index in [4.69, 9.17) is 0 Å². The summed E-state index contributed by atoms with van der Waals surface area (Å²) in [6, 6.07) is 9.07. The Morgan fingerprint density at radius 2 is 1.81 bits per heavy atom. The van der Waals surface area contributed by atoms with Gasteiger partial charge in [0.25, 0.3) is 0 Å². The fourth-order valence-corrected chi connectivity index (χ4v) is 2.92. The van der Waals surface area contributed by atoms with Crippen LogP contribution in [0.15, 0.2) is 36.7 Å². The molecule has 1 aliphatic heterocycles. The van der Waals surface area contributed by atoms with Gasteiger partial charge >= 0.3 is 0 Å². The number of benzene rings is 1. The summed E-state index contributed by atoms with van der Waals surface area (Å²) >= 11 is 0. The number of rotatable bonds is 4. The van der Waals surface area contributed by atoms with Crippen molar-refractivity contribution in [3.63, 3.8) is 0 Å². The molecule has 0 radical (unpaired) electrons. The summed E-state index contributed by atoms with van der Waals surface area (Å²) in [5.74, 6) is 0. The largest absolute Gasteiger partial charge is 0.378 e. The van der Waals surface area contributed by atoms with Crippen molar-refractivity contribution in [2.45, 2.75) is 32.2 Å². The van der Waals surface area contributed by atoms with Gasteiger partial charge in [0.05, 0.1) is 12.2 Å². The van der Waals surface area contributed by atoms with Gasteiger partial charge in [-0.3, -0.25) is 4.68 Å². The molecule has 1 fully saturated rings. The van der Waals surface area contributed by atoms with Gasteiger partial charge in [-0.25, -0.2) is 0 Å². The van der Waals surface area contributed by atoms with Crippen LogP contribution >= 0.6 is 0 Å². The van der Waals surface area contributed by atoms with Crippen molar-refractivity contribution in [3.05, 3.63) is 42.2 Å². The first kappa shape index (κ1) is 14.0. The third-order valence-corrected chi connectivity index (χ3v) is 4.20. The van der Waals surface area contributed by atoms with Gasteiger partial charge in [0.1, 0.15) is 0 Å². The summed E-state index contributed by atoms with van der Waals surface area (Å²) < 4.78 is 1.84. The molecule has 0 aliphatic carbocycles. The van der Waals surface area contributed by atoms with Crippen molar-refractivity contribution < 1.29 is 0 Å². The van der Waals surface area contributed by atoms with Crippen LogP contribution in [0.2, 0.25) is 0 Å². The molecule has 1 unspecified atom stereocenters. The SMILES string of the molecule is CC(Nc1ccc(N2CCCCC2)cc1)c1cnn(C)c1. The summed E-state index contributed by atoms with van der Waals surface area (Å²) in [5, 5.41) is 7.75. The predicted molar refractivity (Wildman–Crippen MR) is 87.8 cm³/mol. The molecule has 0 saturated carbocycles. The van der Waals surface area contributed by atoms with Crippen LogP contribution in [0.25, 0.3) is 0 Å². The van der Waals surface area contributed by atoms with E-state index in [1.807, 2.05) is 17.9 Å². The number of hydrogen-bond acceptors (Lipinski definition) is 3. The summed E-state index contributed by atoms with van der Waals surface area (Å²) in [6.07, 6.45) is 7.98. The molecule has 112 valence electrons. The molecule has 4 nitrogen and oxygen atoms in total. The van der Waals surface area contributed by atoms with Crippen LogP contribution < -0.4 is 10.2 Å². The third-order valence-electron chi connectivity index (χ3n) is 4.20. The first-order valence-corrected chi connectivity index (χ1v) is 7.82. The van der Waals surface area contributed by atoms with E-state index in [1.54, 1.807) is 0 Å². The Kier molecular flexibility index (Phi) is 4.13. The summed E-state index contributed by atoms with van der Waals surface area (Å²) in [5.41, 5.74) is 3.71. The van der Waals surface area contributed by atoms with Crippen LogP contribution in [-0.2, 0) is 7.05 Å². The Labute approximate surface area is 126 Å². The maximum Gasteiger partial charge on any atom is 0.0542 e. The van der Waals surface area contributed by atoms with E-state index in [2.05, 4.69) is 52.7 Å². The molecule has 21 heavy (non-hydrogen) atoms.